The standard InChI is InChI=1S/C15H24N2O2S/c1-9(2)6-11(5)14(19)16-12(7-18)13-8-20-15(17-13)10(3)4/h8,10-12,18H,1,6-7H2,2-5H3,(H,16,19). The largest absolute Gasteiger partial charge is 0.394 e. The van der Waals surface area contributed by atoms with Crippen LogP contribution in [-0.4, -0.2) is 22.6 Å². The molecule has 20 heavy (non-hydrogen) atoms. The molecule has 0 spiro atoms. The topological polar surface area (TPSA) is 62.2 Å². The summed E-state index contributed by atoms with van der Waals surface area (Å²) in [6, 6.07) is -0.432. The average Bonchev–Trinajstić information content (AvgIpc) is 2.84. The molecule has 1 heterocycles. The molecular formula is C15H24N2O2S. The molecule has 5 heteroatoms. The molecule has 0 aromatic carbocycles. The van der Waals surface area contributed by atoms with Crippen molar-refractivity contribution in [2.45, 2.75) is 46.1 Å². The maximum absolute atomic E-state index is 12.1. The van der Waals surface area contributed by atoms with Gasteiger partial charge in [-0.25, -0.2) is 4.98 Å². The summed E-state index contributed by atoms with van der Waals surface area (Å²) in [5.74, 6) is 0.127. The first-order valence-corrected chi connectivity index (χ1v) is 7.74. The van der Waals surface area contributed by atoms with Crippen molar-refractivity contribution in [3.8, 4) is 0 Å². The molecule has 0 radical (unpaired) electrons. The van der Waals surface area contributed by atoms with Crippen LogP contribution in [0.2, 0.25) is 0 Å². The molecule has 112 valence electrons. The number of rotatable bonds is 7. The third-order valence-corrected chi connectivity index (χ3v) is 4.16. The van der Waals surface area contributed by atoms with Crippen LogP contribution in [0.4, 0.5) is 0 Å². The third-order valence-electron chi connectivity index (χ3n) is 2.99. The van der Waals surface area contributed by atoms with Crippen LogP contribution in [0.25, 0.3) is 0 Å². The maximum Gasteiger partial charge on any atom is 0.223 e. The summed E-state index contributed by atoms with van der Waals surface area (Å²) in [4.78, 5) is 16.6. The summed E-state index contributed by atoms with van der Waals surface area (Å²) < 4.78 is 0. The molecule has 2 atom stereocenters. The zero-order valence-electron chi connectivity index (χ0n) is 12.6. The van der Waals surface area contributed by atoms with Crippen molar-refractivity contribution in [3.05, 3.63) is 28.2 Å². The van der Waals surface area contributed by atoms with Gasteiger partial charge in [0.2, 0.25) is 5.91 Å². The normalized spacial score (nSPS) is 14.1. The zero-order valence-corrected chi connectivity index (χ0v) is 13.5. The van der Waals surface area contributed by atoms with Crippen molar-refractivity contribution in [1.82, 2.24) is 10.3 Å². The molecule has 2 unspecified atom stereocenters. The first kappa shape index (κ1) is 16.9. The Balaban J connectivity index is 2.71. The maximum atomic E-state index is 12.1. The number of aromatic nitrogens is 1. The van der Waals surface area contributed by atoms with Gasteiger partial charge in [0.15, 0.2) is 0 Å². The molecule has 4 nitrogen and oxygen atoms in total. The summed E-state index contributed by atoms with van der Waals surface area (Å²) in [5, 5.41) is 15.2. The molecule has 0 aliphatic carbocycles. The second kappa shape index (κ2) is 7.55. The highest BCUT2D eigenvalue weighted by molar-refractivity contribution is 7.09. The highest BCUT2D eigenvalue weighted by Crippen LogP contribution is 2.23. The smallest absolute Gasteiger partial charge is 0.223 e. The lowest BCUT2D eigenvalue weighted by molar-refractivity contribution is -0.125. The van der Waals surface area contributed by atoms with Crippen LogP contribution in [0.1, 0.15) is 56.8 Å². The van der Waals surface area contributed by atoms with Crippen LogP contribution >= 0.6 is 11.3 Å². The van der Waals surface area contributed by atoms with Crippen LogP contribution in [0.15, 0.2) is 17.5 Å². The van der Waals surface area contributed by atoms with Crippen LogP contribution in [0.3, 0.4) is 0 Å². The van der Waals surface area contributed by atoms with Gasteiger partial charge in [0.1, 0.15) is 0 Å². The number of hydrogen-bond donors (Lipinski definition) is 2. The molecule has 0 bridgehead atoms. The van der Waals surface area contributed by atoms with E-state index in [9.17, 15) is 9.90 Å². The fourth-order valence-electron chi connectivity index (χ4n) is 1.87. The molecule has 1 amide bonds. The minimum Gasteiger partial charge on any atom is -0.394 e. The Bertz CT molecular complexity index is 468. The molecule has 0 saturated heterocycles. The monoisotopic (exact) mass is 296 g/mol. The number of carbonyl (C=O) groups is 1. The van der Waals surface area contributed by atoms with E-state index < -0.39 is 6.04 Å². The Hall–Kier alpha value is -1.20. The molecule has 2 N–H and O–H groups in total. The number of amides is 1. The van der Waals surface area contributed by atoms with Gasteiger partial charge in [-0.05, 0) is 13.3 Å². The fraction of sp³-hybridized carbons (Fsp3) is 0.600. The number of aliphatic hydroxyl groups is 1. The Labute approximate surface area is 124 Å². The first-order chi connectivity index (χ1) is 9.35. The van der Waals surface area contributed by atoms with E-state index >= 15 is 0 Å². The average molecular weight is 296 g/mol. The van der Waals surface area contributed by atoms with Gasteiger partial charge in [-0.3, -0.25) is 4.79 Å². The van der Waals surface area contributed by atoms with E-state index in [0.717, 1.165) is 16.3 Å². The molecule has 1 aromatic rings. The third kappa shape index (κ3) is 4.72. The van der Waals surface area contributed by atoms with E-state index in [1.165, 1.54) is 0 Å². The molecule has 0 aliphatic heterocycles. The van der Waals surface area contributed by atoms with E-state index in [0.29, 0.717) is 12.3 Å². The predicted molar refractivity (Wildman–Crippen MR) is 82.8 cm³/mol. The lowest BCUT2D eigenvalue weighted by Crippen LogP contribution is -2.35. The number of thiazole rings is 1. The number of allylic oxidation sites excluding steroid dienone is 1. The van der Waals surface area contributed by atoms with Gasteiger partial charge in [-0.2, -0.15) is 0 Å². The minimum absolute atomic E-state index is 0.0776. The molecule has 0 fully saturated rings. The van der Waals surface area contributed by atoms with E-state index in [2.05, 4.69) is 30.7 Å². The lowest BCUT2D eigenvalue weighted by atomic mass is 10.0. The summed E-state index contributed by atoms with van der Waals surface area (Å²) >= 11 is 1.56. The number of aliphatic hydroxyl groups excluding tert-OH is 1. The van der Waals surface area contributed by atoms with E-state index in [4.69, 9.17) is 0 Å². The van der Waals surface area contributed by atoms with Gasteiger partial charge in [0.25, 0.3) is 0 Å². The summed E-state index contributed by atoms with van der Waals surface area (Å²) in [5.41, 5.74) is 1.71. The fourth-order valence-corrected chi connectivity index (χ4v) is 2.76. The molecule has 1 aromatic heterocycles. The summed E-state index contributed by atoms with van der Waals surface area (Å²) in [7, 11) is 0. The van der Waals surface area contributed by atoms with Crippen LogP contribution in [0.5, 0.6) is 0 Å². The number of hydrogen-bond acceptors (Lipinski definition) is 4. The van der Waals surface area contributed by atoms with Crippen molar-refractivity contribution < 1.29 is 9.90 Å². The SMILES string of the molecule is C=C(C)CC(C)C(=O)NC(CO)c1csc(C(C)C)n1. The minimum atomic E-state index is -0.432. The van der Waals surface area contributed by atoms with Gasteiger partial charge < -0.3 is 10.4 Å². The highest BCUT2D eigenvalue weighted by Gasteiger charge is 2.21. The predicted octanol–water partition coefficient (Wildman–Crippen LogP) is 3.02. The second-order valence-electron chi connectivity index (χ2n) is 5.57. The van der Waals surface area contributed by atoms with Gasteiger partial charge in [0.05, 0.1) is 23.4 Å². The van der Waals surface area contributed by atoms with E-state index in [1.807, 2.05) is 19.2 Å². The van der Waals surface area contributed by atoms with Crippen molar-refractivity contribution in [1.29, 1.82) is 0 Å². The van der Waals surface area contributed by atoms with Gasteiger partial charge in [-0.15, -0.1) is 17.9 Å². The van der Waals surface area contributed by atoms with Gasteiger partial charge >= 0.3 is 0 Å². The van der Waals surface area contributed by atoms with Crippen molar-refractivity contribution in [3.63, 3.8) is 0 Å². The quantitative estimate of drug-likeness (QED) is 0.760. The van der Waals surface area contributed by atoms with Crippen molar-refractivity contribution in [2.24, 2.45) is 5.92 Å². The van der Waals surface area contributed by atoms with E-state index in [1.54, 1.807) is 11.3 Å². The molecule has 1 rings (SSSR count). The Morgan fingerprint density at radius 2 is 2.15 bits per heavy atom. The van der Waals surface area contributed by atoms with Crippen LogP contribution in [0, 0.1) is 5.92 Å². The van der Waals surface area contributed by atoms with Crippen LogP contribution < -0.4 is 5.32 Å². The Kier molecular flexibility index (Phi) is 6.36. The van der Waals surface area contributed by atoms with Gasteiger partial charge in [-0.1, -0.05) is 26.3 Å². The van der Waals surface area contributed by atoms with E-state index in [-0.39, 0.29) is 18.4 Å². The number of nitrogens with zero attached hydrogens (tertiary/aromatic N) is 1. The first-order valence-electron chi connectivity index (χ1n) is 6.86. The highest BCUT2D eigenvalue weighted by atomic mass is 32.1. The molecule has 0 saturated carbocycles. The molecular weight excluding hydrogens is 272 g/mol. The van der Waals surface area contributed by atoms with Gasteiger partial charge in [0, 0.05) is 17.2 Å². The second-order valence-corrected chi connectivity index (χ2v) is 6.46. The summed E-state index contributed by atoms with van der Waals surface area (Å²) in [6.45, 7) is 11.6. The van der Waals surface area contributed by atoms with Crippen molar-refractivity contribution >= 4 is 17.2 Å². The zero-order chi connectivity index (χ0) is 15.3. The Morgan fingerprint density at radius 1 is 1.50 bits per heavy atom. The summed E-state index contributed by atoms with van der Waals surface area (Å²) in [6.07, 6.45) is 0.651. The molecule has 0 aliphatic rings. The van der Waals surface area contributed by atoms with Crippen molar-refractivity contribution in [2.75, 3.05) is 6.61 Å². The van der Waals surface area contributed by atoms with Crippen LogP contribution in [-0.2, 0) is 4.79 Å². The number of carbonyl (C=O) groups excluding carboxylic acids is 1. The number of nitrogens with one attached hydrogen (secondary N) is 1. The Morgan fingerprint density at radius 3 is 2.60 bits per heavy atom. The lowest BCUT2D eigenvalue weighted by Gasteiger charge is -2.18.